The molecular formula is C13H15N3O7. The fourth-order valence-electron chi connectivity index (χ4n) is 2.19. The highest BCUT2D eigenvalue weighted by Crippen LogP contribution is 2.28. The van der Waals surface area contributed by atoms with Crippen molar-refractivity contribution in [2.24, 2.45) is 0 Å². The van der Waals surface area contributed by atoms with Gasteiger partial charge in [-0.2, -0.15) is 0 Å². The minimum atomic E-state index is -0.841. The summed E-state index contributed by atoms with van der Waals surface area (Å²) < 4.78 is 5.42. The summed E-state index contributed by atoms with van der Waals surface area (Å²) in [5.74, 6) is 0.00715. The quantitative estimate of drug-likeness (QED) is 0.405. The smallest absolute Gasteiger partial charge is 0.294 e. The van der Waals surface area contributed by atoms with Crippen molar-refractivity contribution in [1.82, 2.24) is 4.90 Å². The number of amides is 1. The van der Waals surface area contributed by atoms with Crippen molar-refractivity contribution in [1.29, 1.82) is 0 Å². The van der Waals surface area contributed by atoms with E-state index < -0.39 is 10.0 Å². The maximum atomic E-state index is 12.3. The second kappa shape index (κ2) is 7.38. The Bertz CT molecular complexity index is 620. The molecule has 10 heteroatoms. The van der Waals surface area contributed by atoms with Crippen LogP contribution in [0.1, 0.15) is 29.6 Å². The lowest BCUT2D eigenvalue weighted by Gasteiger charge is -2.28. The molecule has 1 aliphatic heterocycles. The molecule has 0 saturated carbocycles. The zero-order valence-corrected chi connectivity index (χ0v) is 12.2. The molecule has 0 aromatic heterocycles. The molecule has 0 fully saturated rings. The molecule has 0 N–H and O–H groups in total. The Morgan fingerprint density at radius 1 is 1.22 bits per heavy atom. The highest BCUT2D eigenvalue weighted by Gasteiger charge is 2.27. The van der Waals surface area contributed by atoms with E-state index in [-0.39, 0.29) is 30.5 Å². The summed E-state index contributed by atoms with van der Waals surface area (Å²) in [7, 11) is 0. The predicted molar refractivity (Wildman–Crippen MR) is 76.4 cm³/mol. The first-order valence-electron chi connectivity index (χ1n) is 6.97. The summed E-state index contributed by atoms with van der Waals surface area (Å²) in [6, 6.07) is 3.91. The van der Waals surface area contributed by atoms with Gasteiger partial charge in [0.1, 0.15) is 5.75 Å². The molecule has 0 bridgehead atoms. The summed E-state index contributed by atoms with van der Waals surface area (Å²) in [4.78, 5) is 38.1. The third-order valence-electron chi connectivity index (χ3n) is 3.34. The van der Waals surface area contributed by atoms with Crippen LogP contribution < -0.4 is 4.74 Å². The lowest BCUT2D eigenvalue weighted by atomic mass is 10.1. The van der Waals surface area contributed by atoms with Gasteiger partial charge in [0.05, 0.1) is 17.1 Å². The van der Waals surface area contributed by atoms with Gasteiger partial charge in [-0.3, -0.25) is 14.9 Å². The van der Waals surface area contributed by atoms with E-state index in [4.69, 9.17) is 4.74 Å². The van der Waals surface area contributed by atoms with Gasteiger partial charge in [-0.05, 0) is 25.3 Å². The number of carbonyl (C=O) groups excluding carboxylic acids is 1. The van der Waals surface area contributed by atoms with E-state index in [1.54, 1.807) is 0 Å². The number of fused-ring (bicyclic) bond motifs is 1. The summed E-state index contributed by atoms with van der Waals surface area (Å²) in [5.41, 5.74) is 0.00149. The van der Waals surface area contributed by atoms with Crippen LogP contribution in [0.4, 0.5) is 5.69 Å². The van der Waals surface area contributed by atoms with Crippen molar-refractivity contribution in [2.45, 2.75) is 19.3 Å². The molecule has 0 spiro atoms. The van der Waals surface area contributed by atoms with E-state index in [9.17, 15) is 25.0 Å². The molecule has 1 aromatic carbocycles. The van der Waals surface area contributed by atoms with Crippen LogP contribution in [0.5, 0.6) is 5.75 Å². The molecule has 0 atom stereocenters. The van der Waals surface area contributed by atoms with Gasteiger partial charge in [0.15, 0.2) is 6.73 Å². The van der Waals surface area contributed by atoms with Crippen LogP contribution in [0.25, 0.3) is 0 Å². The molecule has 23 heavy (non-hydrogen) atoms. The summed E-state index contributed by atoms with van der Waals surface area (Å²) in [5, 5.41) is 19.9. The highest BCUT2D eigenvalue weighted by atomic mass is 16.9. The van der Waals surface area contributed by atoms with Crippen LogP contribution in [0.15, 0.2) is 18.2 Å². The van der Waals surface area contributed by atoms with Gasteiger partial charge in [0.25, 0.3) is 16.7 Å². The molecule has 0 radical (unpaired) electrons. The molecule has 1 heterocycles. The zero-order valence-electron chi connectivity index (χ0n) is 12.2. The van der Waals surface area contributed by atoms with Crippen LogP contribution in [0, 0.1) is 20.2 Å². The number of nitro groups is 1. The normalized spacial score (nSPS) is 13.2. The second-order valence-corrected chi connectivity index (χ2v) is 4.90. The van der Waals surface area contributed by atoms with Crippen molar-refractivity contribution in [3.8, 4) is 5.75 Å². The lowest BCUT2D eigenvalue weighted by Crippen LogP contribution is -2.39. The van der Waals surface area contributed by atoms with Gasteiger partial charge in [-0.15, -0.1) is 10.1 Å². The Labute approximate surface area is 130 Å². The Morgan fingerprint density at radius 2 is 2.00 bits per heavy atom. The van der Waals surface area contributed by atoms with Crippen LogP contribution in [0.2, 0.25) is 0 Å². The Hall–Kier alpha value is -2.91. The number of carbonyl (C=O) groups is 1. The van der Waals surface area contributed by atoms with Gasteiger partial charge in [-0.1, -0.05) is 0 Å². The molecule has 10 nitrogen and oxygen atoms in total. The van der Waals surface area contributed by atoms with Crippen LogP contribution in [0.3, 0.4) is 0 Å². The minimum Gasteiger partial charge on any atom is -0.472 e. The van der Waals surface area contributed by atoms with Gasteiger partial charge in [-0.25, -0.2) is 0 Å². The second-order valence-electron chi connectivity index (χ2n) is 4.90. The van der Waals surface area contributed by atoms with Crippen molar-refractivity contribution >= 4 is 11.6 Å². The Morgan fingerprint density at radius 3 is 2.70 bits per heavy atom. The summed E-state index contributed by atoms with van der Waals surface area (Å²) in [6.07, 6.45) is 1.78. The number of rotatable bonds is 8. The number of benzene rings is 1. The van der Waals surface area contributed by atoms with E-state index in [2.05, 4.69) is 4.84 Å². The van der Waals surface area contributed by atoms with Crippen molar-refractivity contribution in [3.05, 3.63) is 44.0 Å². The minimum absolute atomic E-state index is 0.0203. The van der Waals surface area contributed by atoms with E-state index in [1.807, 2.05) is 0 Å². The first-order valence-corrected chi connectivity index (χ1v) is 6.97. The molecule has 0 unspecified atom stereocenters. The van der Waals surface area contributed by atoms with Crippen LogP contribution in [-0.4, -0.2) is 40.7 Å². The standard InChI is InChI=1S/C13H15N3O7/c17-13-11-8-10(15(18)19)4-5-12(11)22-9-14(13)6-2-1-3-7-23-16(20)21/h4-5,8H,1-3,6-7,9H2. The molecule has 1 aromatic rings. The predicted octanol–water partition coefficient (Wildman–Crippen LogP) is 1.77. The third kappa shape index (κ3) is 4.28. The first-order chi connectivity index (χ1) is 11.0. The number of nitro benzene ring substituents is 1. The van der Waals surface area contributed by atoms with E-state index >= 15 is 0 Å². The fraction of sp³-hybridized carbons (Fsp3) is 0.462. The van der Waals surface area contributed by atoms with Crippen LogP contribution >= 0.6 is 0 Å². The molecular weight excluding hydrogens is 310 g/mol. The van der Waals surface area contributed by atoms with E-state index in [0.29, 0.717) is 31.6 Å². The number of hydrogen-bond acceptors (Lipinski definition) is 7. The number of nitrogens with zero attached hydrogens (tertiary/aromatic N) is 3. The van der Waals surface area contributed by atoms with Crippen molar-refractivity contribution in [2.75, 3.05) is 19.9 Å². The number of unbranched alkanes of at least 4 members (excludes halogenated alkanes) is 2. The number of ether oxygens (including phenoxy) is 1. The summed E-state index contributed by atoms with van der Waals surface area (Å²) in [6.45, 7) is 0.501. The molecule has 124 valence electrons. The summed E-state index contributed by atoms with van der Waals surface area (Å²) >= 11 is 0. The molecule has 1 amide bonds. The van der Waals surface area contributed by atoms with Crippen molar-refractivity contribution < 1.29 is 24.4 Å². The SMILES string of the molecule is O=C1c2cc([N+](=O)[O-])ccc2OCN1CCCCCO[N+](=O)[O-]. The third-order valence-corrected chi connectivity index (χ3v) is 3.34. The fourth-order valence-corrected chi connectivity index (χ4v) is 2.19. The molecule has 1 aliphatic rings. The maximum absolute atomic E-state index is 12.3. The van der Waals surface area contributed by atoms with Gasteiger partial charge >= 0.3 is 0 Å². The highest BCUT2D eigenvalue weighted by molar-refractivity contribution is 5.98. The van der Waals surface area contributed by atoms with E-state index in [1.165, 1.54) is 23.1 Å². The number of non-ortho nitro benzene ring substituents is 1. The zero-order chi connectivity index (χ0) is 16.8. The van der Waals surface area contributed by atoms with Crippen LogP contribution in [-0.2, 0) is 4.84 Å². The van der Waals surface area contributed by atoms with Gasteiger partial charge in [0, 0.05) is 18.7 Å². The average Bonchev–Trinajstić information content (AvgIpc) is 2.52. The monoisotopic (exact) mass is 325 g/mol. The Balaban J connectivity index is 1.87. The number of hydrogen-bond donors (Lipinski definition) is 0. The largest absolute Gasteiger partial charge is 0.472 e. The first kappa shape index (κ1) is 16.5. The van der Waals surface area contributed by atoms with E-state index in [0.717, 1.165) is 0 Å². The molecule has 0 saturated heterocycles. The molecule has 2 rings (SSSR count). The van der Waals surface area contributed by atoms with Gasteiger partial charge < -0.3 is 14.5 Å². The van der Waals surface area contributed by atoms with Crippen molar-refractivity contribution in [3.63, 3.8) is 0 Å². The maximum Gasteiger partial charge on any atom is 0.294 e. The average molecular weight is 325 g/mol. The molecule has 0 aliphatic carbocycles. The lowest BCUT2D eigenvalue weighted by molar-refractivity contribution is -0.757. The Kier molecular flexibility index (Phi) is 5.28. The topological polar surface area (TPSA) is 125 Å². The van der Waals surface area contributed by atoms with Gasteiger partial charge in [0.2, 0.25) is 0 Å².